The standard InChI is InChI=1S/C9H8N4/c1-11-8-2-3-9-7(4-10)5-12-13(9)6-8/h2-3,5-6,11H,1H3. The highest BCUT2D eigenvalue weighted by molar-refractivity contribution is 5.62. The minimum atomic E-state index is 0.600. The van der Waals surface area contributed by atoms with Gasteiger partial charge in [-0.2, -0.15) is 10.4 Å². The van der Waals surface area contributed by atoms with Crippen LogP contribution in [0.2, 0.25) is 0 Å². The second-order valence-corrected chi connectivity index (χ2v) is 2.67. The first-order valence-corrected chi connectivity index (χ1v) is 3.90. The average molecular weight is 172 g/mol. The van der Waals surface area contributed by atoms with E-state index in [1.165, 1.54) is 0 Å². The van der Waals surface area contributed by atoms with Crippen molar-refractivity contribution in [2.75, 3.05) is 12.4 Å². The molecule has 0 aliphatic carbocycles. The van der Waals surface area contributed by atoms with Gasteiger partial charge in [-0.15, -0.1) is 0 Å². The highest BCUT2D eigenvalue weighted by Crippen LogP contribution is 2.13. The summed E-state index contributed by atoms with van der Waals surface area (Å²) < 4.78 is 1.68. The molecule has 0 radical (unpaired) electrons. The molecule has 0 unspecified atom stereocenters. The monoisotopic (exact) mass is 172 g/mol. The van der Waals surface area contributed by atoms with E-state index in [1.54, 1.807) is 10.7 Å². The molecule has 0 spiro atoms. The molecule has 0 amide bonds. The summed E-state index contributed by atoms with van der Waals surface area (Å²) >= 11 is 0. The molecule has 64 valence electrons. The molecule has 1 N–H and O–H groups in total. The molecule has 0 aliphatic rings. The molecule has 0 aliphatic heterocycles. The first-order chi connectivity index (χ1) is 6.35. The maximum atomic E-state index is 8.73. The summed E-state index contributed by atoms with van der Waals surface area (Å²) in [5.41, 5.74) is 2.41. The van der Waals surface area contributed by atoms with Gasteiger partial charge in [0.1, 0.15) is 6.07 Å². The van der Waals surface area contributed by atoms with Crippen LogP contribution in [-0.4, -0.2) is 16.7 Å². The summed E-state index contributed by atoms with van der Waals surface area (Å²) in [6.45, 7) is 0. The van der Waals surface area contributed by atoms with Crippen molar-refractivity contribution in [3.63, 3.8) is 0 Å². The Hall–Kier alpha value is -2.02. The molecule has 0 saturated carbocycles. The quantitative estimate of drug-likeness (QED) is 0.704. The number of rotatable bonds is 1. The van der Waals surface area contributed by atoms with E-state index in [2.05, 4.69) is 16.5 Å². The minimum absolute atomic E-state index is 0.600. The Kier molecular flexibility index (Phi) is 1.64. The summed E-state index contributed by atoms with van der Waals surface area (Å²) in [6.07, 6.45) is 3.41. The fourth-order valence-corrected chi connectivity index (χ4v) is 1.22. The van der Waals surface area contributed by atoms with Gasteiger partial charge in [-0.05, 0) is 12.1 Å². The number of fused-ring (bicyclic) bond motifs is 1. The molecule has 2 heterocycles. The second kappa shape index (κ2) is 2.79. The summed E-state index contributed by atoms with van der Waals surface area (Å²) in [5.74, 6) is 0. The van der Waals surface area contributed by atoms with Gasteiger partial charge in [-0.25, -0.2) is 4.52 Å². The normalized spacial score (nSPS) is 9.85. The molecule has 0 bridgehead atoms. The van der Waals surface area contributed by atoms with Gasteiger partial charge in [0.25, 0.3) is 0 Å². The predicted octanol–water partition coefficient (Wildman–Crippen LogP) is 1.25. The Morgan fingerprint density at radius 2 is 2.38 bits per heavy atom. The lowest BCUT2D eigenvalue weighted by Crippen LogP contribution is -1.92. The van der Waals surface area contributed by atoms with Gasteiger partial charge in [-0.3, -0.25) is 0 Å². The lowest BCUT2D eigenvalue weighted by atomic mass is 10.3. The number of aromatic nitrogens is 2. The molecule has 0 aromatic carbocycles. The molecule has 13 heavy (non-hydrogen) atoms. The highest BCUT2D eigenvalue weighted by atomic mass is 15.2. The van der Waals surface area contributed by atoms with Crippen LogP contribution < -0.4 is 5.32 Å². The Morgan fingerprint density at radius 3 is 3.08 bits per heavy atom. The van der Waals surface area contributed by atoms with Gasteiger partial charge >= 0.3 is 0 Å². The predicted molar refractivity (Wildman–Crippen MR) is 49.5 cm³/mol. The molecule has 2 aromatic rings. The number of nitrogens with zero attached hydrogens (tertiary/aromatic N) is 3. The lowest BCUT2D eigenvalue weighted by molar-refractivity contribution is 0.962. The van der Waals surface area contributed by atoms with Crippen molar-refractivity contribution in [3.05, 3.63) is 30.1 Å². The largest absolute Gasteiger partial charge is 0.387 e. The van der Waals surface area contributed by atoms with Gasteiger partial charge in [-0.1, -0.05) is 0 Å². The van der Waals surface area contributed by atoms with Gasteiger partial charge in [0.05, 0.1) is 29.2 Å². The first-order valence-electron chi connectivity index (χ1n) is 3.90. The van der Waals surface area contributed by atoms with E-state index in [9.17, 15) is 0 Å². The van der Waals surface area contributed by atoms with Crippen LogP contribution in [-0.2, 0) is 0 Å². The van der Waals surface area contributed by atoms with E-state index in [1.807, 2.05) is 25.4 Å². The van der Waals surface area contributed by atoms with Crippen molar-refractivity contribution in [2.45, 2.75) is 0 Å². The van der Waals surface area contributed by atoms with Crippen molar-refractivity contribution in [1.82, 2.24) is 9.61 Å². The van der Waals surface area contributed by atoms with Crippen LogP contribution in [0.3, 0.4) is 0 Å². The fourth-order valence-electron chi connectivity index (χ4n) is 1.22. The van der Waals surface area contributed by atoms with E-state index in [0.29, 0.717) is 5.56 Å². The summed E-state index contributed by atoms with van der Waals surface area (Å²) in [7, 11) is 1.84. The van der Waals surface area contributed by atoms with Crippen LogP contribution >= 0.6 is 0 Å². The minimum Gasteiger partial charge on any atom is -0.387 e. The fraction of sp³-hybridized carbons (Fsp3) is 0.111. The van der Waals surface area contributed by atoms with Crippen molar-refractivity contribution in [1.29, 1.82) is 5.26 Å². The number of hydrogen-bond acceptors (Lipinski definition) is 3. The Labute approximate surface area is 75.4 Å². The Morgan fingerprint density at radius 1 is 1.54 bits per heavy atom. The molecular formula is C9H8N4. The number of nitriles is 1. The van der Waals surface area contributed by atoms with Gasteiger partial charge in [0, 0.05) is 7.05 Å². The van der Waals surface area contributed by atoms with Gasteiger partial charge in [0.2, 0.25) is 0 Å². The van der Waals surface area contributed by atoms with Crippen LogP contribution in [0, 0.1) is 11.3 Å². The third kappa shape index (κ3) is 1.11. The third-order valence-corrected chi connectivity index (χ3v) is 1.93. The van der Waals surface area contributed by atoms with Crippen LogP contribution in [0.4, 0.5) is 5.69 Å². The van der Waals surface area contributed by atoms with E-state index in [4.69, 9.17) is 5.26 Å². The molecule has 0 saturated heterocycles. The average Bonchev–Trinajstić information content (AvgIpc) is 2.59. The van der Waals surface area contributed by atoms with Gasteiger partial charge in [0.15, 0.2) is 0 Å². The maximum Gasteiger partial charge on any atom is 0.103 e. The van der Waals surface area contributed by atoms with Crippen LogP contribution in [0.15, 0.2) is 24.5 Å². The molecule has 0 atom stereocenters. The van der Waals surface area contributed by atoms with E-state index in [-0.39, 0.29) is 0 Å². The smallest absolute Gasteiger partial charge is 0.103 e. The van der Waals surface area contributed by atoms with Crippen molar-refractivity contribution in [2.24, 2.45) is 0 Å². The van der Waals surface area contributed by atoms with Crippen molar-refractivity contribution in [3.8, 4) is 6.07 Å². The summed E-state index contributed by atoms with van der Waals surface area (Å²) in [5, 5.41) is 15.8. The zero-order chi connectivity index (χ0) is 9.26. The highest BCUT2D eigenvalue weighted by Gasteiger charge is 2.01. The van der Waals surface area contributed by atoms with Crippen LogP contribution in [0.25, 0.3) is 5.52 Å². The molecular weight excluding hydrogens is 164 g/mol. The number of anilines is 1. The number of nitrogens with one attached hydrogen (secondary N) is 1. The van der Waals surface area contributed by atoms with E-state index < -0.39 is 0 Å². The number of pyridine rings is 1. The summed E-state index contributed by atoms with van der Waals surface area (Å²) in [4.78, 5) is 0. The first kappa shape index (κ1) is 7.62. The Bertz CT molecular complexity index is 478. The zero-order valence-electron chi connectivity index (χ0n) is 7.15. The van der Waals surface area contributed by atoms with E-state index in [0.717, 1.165) is 11.2 Å². The molecule has 2 aromatic heterocycles. The molecule has 4 heteroatoms. The van der Waals surface area contributed by atoms with Crippen LogP contribution in [0.1, 0.15) is 5.56 Å². The van der Waals surface area contributed by atoms with Crippen molar-refractivity contribution < 1.29 is 0 Å². The van der Waals surface area contributed by atoms with Crippen LogP contribution in [0.5, 0.6) is 0 Å². The maximum absolute atomic E-state index is 8.73. The van der Waals surface area contributed by atoms with E-state index >= 15 is 0 Å². The third-order valence-electron chi connectivity index (χ3n) is 1.93. The molecule has 4 nitrogen and oxygen atoms in total. The Balaban J connectivity index is 2.70. The SMILES string of the molecule is CNc1ccc2c(C#N)cnn2c1. The lowest BCUT2D eigenvalue weighted by Gasteiger charge is -1.99. The topological polar surface area (TPSA) is 53.1 Å². The zero-order valence-corrected chi connectivity index (χ0v) is 7.15. The second-order valence-electron chi connectivity index (χ2n) is 2.67. The number of hydrogen-bond donors (Lipinski definition) is 1. The molecule has 0 fully saturated rings. The van der Waals surface area contributed by atoms with Gasteiger partial charge < -0.3 is 5.32 Å². The van der Waals surface area contributed by atoms with Crippen molar-refractivity contribution >= 4 is 11.2 Å². The summed E-state index contributed by atoms with van der Waals surface area (Å²) in [6, 6.07) is 5.87. The molecule has 2 rings (SSSR count).